The van der Waals surface area contributed by atoms with Crippen molar-refractivity contribution in [2.45, 2.75) is 238 Å². The summed E-state index contributed by atoms with van der Waals surface area (Å²) in [5, 5.41) is 53.9. The number of aliphatic hydroxyl groups excluding tert-OH is 3. The molecule has 0 amide bonds. The maximum atomic E-state index is 14.7. The van der Waals surface area contributed by atoms with Gasteiger partial charge in [-0.05, 0) is 66.4 Å². The van der Waals surface area contributed by atoms with Gasteiger partial charge >= 0.3 is 23.5 Å². The standard InChI is InChI=1S/3C13H18FN5O.C13H17FN4O.C11H14FN5O3.C11H16FN4O13P3/c3*1-4-9-6(2)10(14)11(20-9)8-5-16-13-12(15)17-7(3)18-19(8)13;1-3-10-7(2)11(14)12(19-10)9-6-16-13-8(15)4-5-17-18(9)13;1-4-15-10(13)11-14-2-5(17(11)16-4)9-7(12)8(19)6(3-18)20-9;1-4-14-11(18)10-13-2-5(16(10)15-4)9-7(12)8(17)6(27-9)3-26-31(22,23)29-32(24,25)28-30(19,20)21/h3*5-6,9-11H,4H2,1-3H3,(H2,15,17,18);4-7,10-12H,3,15H2,1-2H3;2,6-9,18-19H,3H2,1H3,(H2,13,15,16);2,6-9,17H,3H2,1H3,(H,22,23)(H,24,25)(H,14,15,18)(H2,19,20,21)/t3*6-,9-,10-,11+;7-,10-,11-,12+;2*6-,7-,8-,9+/m111111/s1. The number of aryl methyl sites for hydroxylation is 5. The van der Waals surface area contributed by atoms with E-state index in [4.69, 9.17) is 76.9 Å². The lowest BCUT2D eigenvalue weighted by Crippen LogP contribution is -2.31. The summed E-state index contributed by atoms with van der Waals surface area (Å²) in [5.74, 6) is 2.61. The molecule has 18 N–H and O–H groups in total. The lowest BCUT2D eigenvalue weighted by molar-refractivity contribution is -0.0241. The van der Waals surface area contributed by atoms with Crippen molar-refractivity contribution in [2.24, 2.45) is 23.7 Å². The number of nitrogens with one attached hydrogen (secondary N) is 1. The fourth-order valence-electron chi connectivity index (χ4n) is 16.2. The number of nitrogens with two attached hydrogens (primary N) is 5. The van der Waals surface area contributed by atoms with Crippen LogP contribution in [0.4, 0.5) is 55.3 Å². The number of rotatable bonds is 18. The van der Waals surface area contributed by atoms with Gasteiger partial charge in [0.1, 0.15) is 115 Å². The number of ether oxygens (including phenoxy) is 6. The molecule has 12 aromatic heterocycles. The number of nitrogens with zero attached hydrogens (tertiary/aromatic N) is 22. The minimum absolute atomic E-state index is 0.0633. The van der Waals surface area contributed by atoms with E-state index in [1.54, 1.807) is 82.8 Å². The third-order valence-corrected chi connectivity index (χ3v) is 26.6. The Kier molecular flexibility index (Phi) is 29.7. The van der Waals surface area contributed by atoms with Gasteiger partial charge in [0.25, 0.3) is 5.56 Å². The summed E-state index contributed by atoms with van der Waals surface area (Å²) in [6, 6.07) is 1.67. The quantitative estimate of drug-likeness (QED) is 0.0345. The van der Waals surface area contributed by atoms with Crippen LogP contribution in [0.5, 0.6) is 0 Å². The number of phosphoric ester groups is 1. The normalized spacial score (nSPS) is 29.8. The summed E-state index contributed by atoms with van der Waals surface area (Å²) in [4.78, 5) is 90.5. The van der Waals surface area contributed by atoms with E-state index in [9.17, 15) is 59.9 Å². The first-order valence-corrected chi connectivity index (χ1v) is 45.8. The fourth-order valence-corrected chi connectivity index (χ4v) is 19.2. The number of hydrogen-bond acceptors (Lipinski definition) is 37. The van der Waals surface area contributed by atoms with Crippen LogP contribution in [-0.4, -0.2) is 246 Å². The molecule has 12 aromatic rings. The number of anilines is 5. The summed E-state index contributed by atoms with van der Waals surface area (Å²) in [6.07, 6.45) is -6.00. The van der Waals surface area contributed by atoms with Crippen LogP contribution >= 0.6 is 23.5 Å². The number of aliphatic hydroxyl groups is 3. The molecule has 0 aliphatic carbocycles. The third kappa shape index (κ3) is 20.4. The molecule has 6 aliphatic heterocycles. The molecular weight excluding hydrogens is 1810 g/mol. The van der Waals surface area contributed by atoms with Crippen molar-refractivity contribution in [3.8, 4) is 0 Å². The van der Waals surface area contributed by atoms with E-state index in [-0.39, 0.29) is 88.5 Å². The highest BCUT2D eigenvalue weighted by Gasteiger charge is 2.52. The van der Waals surface area contributed by atoms with Gasteiger partial charge < -0.3 is 97.0 Å². The SMILES string of the molecule is CC[C@H]1O[C@@H](c2cnc3c(N)ccnn23)[C@H](F)[C@@H]1C.CC[C@H]1O[C@@H](c2cnc3c(N)nc(C)nn23)[C@H](F)[C@@H]1C.CC[C@H]1O[C@@H](c2cnc3c(N)nc(C)nn23)[C@H](F)[C@@H]1C.CC[C@H]1O[C@@H](c2cnc3c(N)nc(C)nn23)[C@H](F)[C@@H]1C.Cc1nc(N)c2ncc([C@@H]3O[C@H](CO)[C@@H](O)[C@H]3F)n2n1.Cc1nn2c([C@@H]3O[C@H](COP(=O)(O)OP(=O)(O)OP(=O)(O)O)[C@@H](O)[C@H]3F)cnc2c(=O)[nH]1. The number of halogens is 6. The number of alkyl halides is 6. The number of hydrogen-bond donors (Lipinski definition) is 13. The van der Waals surface area contributed by atoms with E-state index in [2.05, 4.69) is 98.6 Å². The predicted octanol–water partition coefficient (Wildman–Crippen LogP) is 6.01. The second kappa shape index (κ2) is 39.5. The Labute approximate surface area is 739 Å². The van der Waals surface area contributed by atoms with Crippen molar-refractivity contribution in [3.63, 3.8) is 0 Å². The molecule has 714 valence electrons. The van der Waals surface area contributed by atoms with Gasteiger partial charge in [0.2, 0.25) is 5.65 Å². The third-order valence-electron chi connectivity index (χ3n) is 22.8. The summed E-state index contributed by atoms with van der Waals surface area (Å²) in [6.45, 7) is 22.3. The van der Waals surface area contributed by atoms with Crippen molar-refractivity contribution >= 4 is 86.3 Å². The second-order valence-electron chi connectivity index (χ2n) is 31.9. The lowest BCUT2D eigenvalue weighted by atomic mass is 9.97. The van der Waals surface area contributed by atoms with Crippen molar-refractivity contribution in [2.75, 3.05) is 41.9 Å². The summed E-state index contributed by atoms with van der Waals surface area (Å²) in [7, 11) is -16.8. The van der Waals surface area contributed by atoms with Crippen molar-refractivity contribution in [3.05, 3.63) is 123 Å². The molecule has 6 fully saturated rings. The van der Waals surface area contributed by atoms with Gasteiger partial charge in [-0.3, -0.25) is 9.32 Å². The van der Waals surface area contributed by atoms with E-state index in [0.717, 1.165) is 36.4 Å². The molecule has 6 aliphatic rings. The molecule has 2 unspecified atom stereocenters. The van der Waals surface area contributed by atoms with Crippen LogP contribution in [0.25, 0.3) is 33.9 Å². The number of H-pyrrole nitrogens is 1. The topological polar surface area (TPSA) is 672 Å². The first kappa shape index (κ1) is 98.3. The van der Waals surface area contributed by atoms with Crippen LogP contribution in [0.3, 0.4) is 0 Å². The van der Waals surface area contributed by atoms with E-state index in [1.807, 2.05) is 55.4 Å². The molecule has 131 heavy (non-hydrogen) atoms. The number of nitrogen functional groups attached to an aromatic ring is 5. The van der Waals surface area contributed by atoms with E-state index >= 15 is 0 Å². The fraction of sp³-hybridized carbons (Fsp3) is 0.581. The van der Waals surface area contributed by atoms with E-state index in [1.165, 1.54) is 17.6 Å². The average Bonchev–Trinajstić information content (AvgIpc) is 1.64. The first-order chi connectivity index (χ1) is 61.8. The Morgan fingerprint density at radius 3 is 1.02 bits per heavy atom. The van der Waals surface area contributed by atoms with Crippen LogP contribution < -0.4 is 34.2 Å². The summed E-state index contributed by atoms with van der Waals surface area (Å²) < 4.78 is 174. The van der Waals surface area contributed by atoms with Gasteiger partial charge in [0.15, 0.2) is 63.9 Å². The zero-order valence-electron chi connectivity index (χ0n) is 72.5. The zero-order chi connectivity index (χ0) is 95.4. The molecule has 0 bridgehead atoms. The van der Waals surface area contributed by atoms with Gasteiger partial charge in [-0.1, -0.05) is 55.4 Å². The monoisotopic (exact) mass is 1910 g/mol. The molecule has 0 spiro atoms. The predicted molar refractivity (Wildman–Crippen MR) is 447 cm³/mol. The number of aromatic nitrogens is 23. The zero-order valence-corrected chi connectivity index (χ0v) is 75.2. The molecule has 0 saturated carbocycles. The molecule has 0 aromatic carbocycles. The Hall–Kier alpha value is -10.2. The number of phosphoric acid groups is 3. The minimum Gasteiger partial charge on any atom is -0.396 e. The Balaban J connectivity index is 0.000000135. The lowest BCUT2D eigenvalue weighted by Gasteiger charge is -2.19. The van der Waals surface area contributed by atoms with Gasteiger partial charge in [0.05, 0.1) is 121 Å². The molecule has 0 radical (unpaired) electrons. The molecule has 26 atom stereocenters. The van der Waals surface area contributed by atoms with E-state index < -0.39 is 140 Å². The highest BCUT2D eigenvalue weighted by Crippen LogP contribution is 2.66. The highest BCUT2D eigenvalue weighted by molar-refractivity contribution is 7.66. The van der Waals surface area contributed by atoms with Gasteiger partial charge in [-0.25, -0.2) is 117 Å². The first-order valence-electron chi connectivity index (χ1n) is 41.3. The Morgan fingerprint density at radius 1 is 0.412 bits per heavy atom. The van der Waals surface area contributed by atoms with Crippen LogP contribution in [0, 0.1) is 58.3 Å². The Morgan fingerprint density at radius 2 is 0.702 bits per heavy atom. The molecule has 18 rings (SSSR count). The van der Waals surface area contributed by atoms with Gasteiger partial charge in [-0.15, -0.1) is 0 Å². The van der Waals surface area contributed by atoms with Crippen molar-refractivity contribution in [1.29, 1.82) is 0 Å². The molecule has 18 heterocycles. The number of fused-ring (bicyclic) bond motifs is 6. The van der Waals surface area contributed by atoms with Crippen LogP contribution in [-0.2, 0) is 55.3 Å². The van der Waals surface area contributed by atoms with E-state index in [0.29, 0.717) is 85.7 Å². The van der Waals surface area contributed by atoms with Crippen LogP contribution in [0.15, 0.2) is 54.2 Å². The van der Waals surface area contributed by atoms with Crippen LogP contribution in [0.1, 0.15) is 181 Å². The minimum atomic E-state index is -5.74. The largest absolute Gasteiger partial charge is 0.490 e. The van der Waals surface area contributed by atoms with Crippen molar-refractivity contribution < 1.29 is 116 Å². The molecule has 6 saturated heterocycles. The maximum Gasteiger partial charge on any atom is 0.490 e. The Bertz CT molecular complexity index is 5850. The second-order valence-corrected chi connectivity index (χ2v) is 36.3. The summed E-state index contributed by atoms with van der Waals surface area (Å²) in [5.41, 5.74) is 33.5. The van der Waals surface area contributed by atoms with Gasteiger partial charge in [-0.2, -0.15) is 39.2 Å². The number of imidazole rings is 6. The maximum absolute atomic E-state index is 14.7. The average molecular weight is 1910 g/mol. The van der Waals surface area contributed by atoms with Crippen molar-refractivity contribution in [1.82, 2.24) is 113 Å². The molecule has 57 heteroatoms. The highest BCUT2D eigenvalue weighted by atomic mass is 31.3. The smallest absolute Gasteiger partial charge is 0.396 e. The van der Waals surface area contributed by atoms with Gasteiger partial charge in [0, 0.05) is 23.7 Å². The number of aromatic amines is 1. The molecular formula is C74H101F6N28O20P3. The molecule has 48 nitrogen and oxygen atoms in total. The summed E-state index contributed by atoms with van der Waals surface area (Å²) >= 11 is 0. The van der Waals surface area contributed by atoms with Crippen LogP contribution in [0.2, 0.25) is 0 Å².